The molecule has 1 aliphatic heterocycles. The summed E-state index contributed by atoms with van der Waals surface area (Å²) in [6, 6.07) is 12.2. The van der Waals surface area contributed by atoms with Crippen molar-refractivity contribution in [3.05, 3.63) is 54.1 Å². The normalized spacial score (nSPS) is 16.2. The standard InChI is InChI=1S/C22H27F3N2O5S/c1-26(13-14-28)33(29,30)21-8-3-2-5-17(21)16-27-11-9-18(10-12-27)31-19-6-4-7-20(15-19)32-22(23,24)25/h2-8,15,18,28H,9-14,16H2,1H3. The van der Waals surface area contributed by atoms with E-state index in [4.69, 9.17) is 9.84 Å². The second kappa shape index (κ2) is 10.7. The minimum atomic E-state index is -4.76. The third kappa shape index (κ3) is 7.07. The Morgan fingerprint density at radius 2 is 1.76 bits per heavy atom. The Morgan fingerprint density at radius 1 is 1.09 bits per heavy atom. The number of rotatable bonds is 9. The summed E-state index contributed by atoms with van der Waals surface area (Å²) >= 11 is 0. The highest BCUT2D eigenvalue weighted by Gasteiger charge is 2.31. The number of piperidine rings is 1. The highest BCUT2D eigenvalue weighted by atomic mass is 32.2. The summed E-state index contributed by atoms with van der Waals surface area (Å²) in [7, 11) is -2.29. The van der Waals surface area contributed by atoms with Crippen molar-refractivity contribution in [2.75, 3.05) is 33.3 Å². The zero-order valence-corrected chi connectivity index (χ0v) is 19.0. The van der Waals surface area contributed by atoms with Crippen molar-refractivity contribution in [2.45, 2.75) is 36.7 Å². The van der Waals surface area contributed by atoms with Gasteiger partial charge >= 0.3 is 6.36 Å². The van der Waals surface area contributed by atoms with Gasteiger partial charge in [0.2, 0.25) is 10.0 Å². The zero-order chi connectivity index (χ0) is 24.1. The Hall–Kier alpha value is -2.34. The molecule has 1 aliphatic rings. The Morgan fingerprint density at radius 3 is 2.42 bits per heavy atom. The topological polar surface area (TPSA) is 79.3 Å². The molecular formula is C22H27F3N2O5S. The van der Waals surface area contributed by atoms with Gasteiger partial charge in [-0.15, -0.1) is 13.2 Å². The van der Waals surface area contributed by atoms with E-state index in [-0.39, 0.29) is 29.9 Å². The van der Waals surface area contributed by atoms with Crippen molar-refractivity contribution in [3.63, 3.8) is 0 Å². The van der Waals surface area contributed by atoms with E-state index in [0.29, 0.717) is 43.8 Å². The fourth-order valence-electron chi connectivity index (χ4n) is 3.68. The van der Waals surface area contributed by atoms with Crippen LogP contribution in [0.4, 0.5) is 13.2 Å². The molecule has 1 heterocycles. The number of nitrogens with zero attached hydrogens (tertiary/aromatic N) is 2. The second-order valence-corrected chi connectivity index (χ2v) is 9.79. The van der Waals surface area contributed by atoms with Gasteiger partial charge in [-0.25, -0.2) is 8.42 Å². The van der Waals surface area contributed by atoms with Crippen molar-refractivity contribution < 1.29 is 36.2 Å². The number of hydrogen-bond acceptors (Lipinski definition) is 6. The molecule has 7 nitrogen and oxygen atoms in total. The second-order valence-electron chi connectivity index (χ2n) is 7.77. The van der Waals surface area contributed by atoms with Crippen LogP contribution in [0.5, 0.6) is 11.5 Å². The fraction of sp³-hybridized carbons (Fsp3) is 0.455. The lowest BCUT2D eigenvalue weighted by atomic mass is 10.1. The number of aliphatic hydroxyl groups excluding tert-OH is 1. The monoisotopic (exact) mass is 488 g/mol. The van der Waals surface area contributed by atoms with E-state index >= 15 is 0 Å². The van der Waals surface area contributed by atoms with E-state index < -0.39 is 16.4 Å². The summed E-state index contributed by atoms with van der Waals surface area (Å²) in [5.74, 6) is -0.0278. The lowest BCUT2D eigenvalue weighted by Gasteiger charge is -2.32. The van der Waals surface area contributed by atoms with E-state index in [0.717, 1.165) is 4.31 Å². The Balaban J connectivity index is 1.59. The number of benzene rings is 2. The van der Waals surface area contributed by atoms with Crippen LogP contribution in [0.2, 0.25) is 0 Å². The molecular weight excluding hydrogens is 461 g/mol. The summed E-state index contributed by atoms with van der Waals surface area (Å²) in [5, 5.41) is 9.09. The molecule has 2 aromatic carbocycles. The molecule has 0 atom stereocenters. The van der Waals surface area contributed by atoms with Crippen molar-refractivity contribution in [3.8, 4) is 11.5 Å². The number of likely N-dealkylation sites (tertiary alicyclic amines) is 1. The molecule has 2 aromatic rings. The molecule has 182 valence electrons. The number of likely N-dealkylation sites (N-methyl/N-ethyl adjacent to an activating group) is 1. The van der Waals surface area contributed by atoms with Gasteiger partial charge in [-0.3, -0.25) is 4.90 Å². The lowest BCUT2D eigenvalue weighted by Crippen LogP contribution is -2.38. The summed E-state index contributed by atoms with van der Waals surface area (Å²) in [6.45, 7) is 1.46. The van der Waals surface area contributed by atoms with Crippen LogP contribution in [-0.2, 0) is 16.6 Å². The highest BCUT2D eigenvalue weighted by Crippen LogP contribution is 2.28. The maximum Gasteiger partial charge on any atom is 0.573 e. The van der Waals surface area contributed by atoms with Crippen molar-refractivity contribution in [1.29, 1.82) is 0 Å². The van der Waals surface area contributed by atoms with E-state index in [1.807, 2.05) is 0 Å². The largest absolute Gasteiger partial charge is 0.573 e. The average molecular weight is 489 g/mol. The Labute approximate surface area is 191 Å². The van der Waals surface area contributed by atoms with E-state index in [2.05, 4.69) is 9.64 Å². The predicted molar refractivity (Wildman–Crippen MR) is 115 cm³/mol. The minimum Gasteiger partial charge on any atom is -0.490 e. The third-order valence-electron chi connectivity index (χ3n) is 5.35. The molecule has 33 heavy (non-hydrogen) atoms. The van der Waals surface area contributed by atoms with Crippen LogP contribution in [0.1, 0.15) is 18.4 Å². The van der Waals surface area contributed by atoms with Crippen LogP contribution in [-0.4, -0.2) is 68.5 Å². The summed E-state index contributed by atoms with van der Waals surface area (Å²) in [4.78, 5) is 2.32. The van der Waals surface area contributed by atoms with Crippen LogP contribution in [0.15, 0.2) is 53.4 Å². The first-order valence-corrected chi connectivity index (χ1v) is 11.9. The van der Waals surface area contributed by atoms with Gasteiger partial charge in [0.1, 0.15) is 17.6 Å². The fourth-order valence-corrected chi connectivity index (χ4v) is 5.05. The molecule has 0 aromatic heterocycles. The first kappa shape index (κ1) is 25.3. The SMILES string of the molecule is CN(CCO)S(=O)(=O)c1ccccc1CN1CCC(Oc2cccc(OC(F)(F)F)c2)CC1. The van der Waals surface area contributed by atoms with E-state index in [1.54, 1.807) is 30.3 Å². The smallest absolute Gasteiger partial charge is 0.490 e. The molecule has 1 N–H and O–H groups in total. The lowest BCUT2D eigenvalue weighted by molar-refractivity contribution is -0.274. The Bertz CT molecular complexity index is 1020. The maximum absolute atomic E-state index is 12.8. The van der Waals surface area contributed by atoms with Gasteiger partial charge in [0.15, 0.2) is 0 Å². The van der Waals surface area contributed by atoms with Crippen LogP contribution in [0.25, 0.3) is 0 Å². The molecule has 0 radical (unpaired) electrons. The number of hydrogen-bond donors (Lipinski definition) is 1. The van der Waals surface area contributed by atoms with Gasteiger partial charge in [-0.1, -0.05) is 24.3 Å². The molecule has 1 saturated heterocycles. The molecule has 0 bridgehead atoms. The van der Waals surface area contributed by atoms with Crippen molar-refractivity contribution in [1.82, 2.24) is 9.21 Å². The van der Waals surface area contributed by atoms with Gasteiger partial charge in [0.05, 0.1) is 11.5 Å². The first-order chi connectivity index (χ1) is 15.6. The highest BCUT2D eigenvalue weighted by molar-refractivity contribution is 7.89. The van der Waals surface area contributed by atoms with Crippen LogP contribution in [0.3, 0.4) is 0 Å². The first-order valence-electron chi connectivity index (χ1n) is 10.5. The van der Waals surface area contributed by atoms with E-state index in [9.17, 15) is 21.6 Å². The van der Waals surface area contributed by atoms with Gasteiger partial charge in [0, 0.05) is 39.3 Å². The third-order valence-corrected chi connectivity index (χ3v) is 7.30. The summed E-state index contributed by atoms with van der Waals surface area (Å²) < 4.78 is 73.9. The van der Waals surface area contributed by atoms with E-state index in [1.165, 1.54) is 25.2 Å². The number of sulfonamides is 1. The van der Waals surface area contributed by atoms with Crippen molar-refractivity contribution >= 4 is 10.0 Å². The molecule has 11 heteroatoms. The molecule has 0 unspecified atom stereocenters. The minimum absolute atomic E-state index is 0.00854. The number of halogens is 3. The molecule has 0 spiro atoms. The van der Waals surface area contributed by atoms with Crippen LogP contribution in [0, 0.1) is 0 Å². The molecule has 0 amide bonds. The molecule has 0 saturated carbocycles. The van der Waals surface area contributed by atoms with Gasteiger partial charge in [-0.2, -0.15) is 4.31 Å². The predicted octanol–water partition coefficient (Wildman–Crippen LogP) is 3.24. The van der Waals surface area contributed by atoms with Gasteiger partial charge in [0.25, 0.3) is 0 Å². The number of alkyl halides is 3. The number of aliphatic hydroxyl groups is 1. The summed E-state index contributed by atoms with van der Waals surface area (Å²) in [6.07, 6.45) is -3.65. The van der Waals surface area contributed by atoms with Gasteiger partial charge in [-0.05, 0) is 36.6 Å². The average Bonchev–Trinajstić information content (AvgIpc) is 2.75. The maximum atomic E-state index is 12.8. The molecule has 3 rings (SSSR count). The van der Waals surface area contributed by atoms with Crippen LogP contribution < -0.4 is 9.47 Å². The summed E-state index contributed by atoms with van der Waals surface area (Å²) in [5.41, 5.74) is 0.665. The molecule has 1 fully saturated rings. The molecule has 0 aliphatic carbocycles. The quantitative estimate of drug-likeness (QED) is 0.584. The zero-order valence-electron chi connectivity index (χ0n) is 18.2. The van der Waals surface area contributed by atoms with Crippen molar-refractivity contribution in [2.24, 2.45) is 0 Å². The Kier molecular flexibility index (Phi) is 8.22. The van der Waals surface area contributed by atoms with Gasteiger partial charge < -0.3 is 14.6 Å². The van der Waals surface area contributed by atoms with Crippen LogP contribution >= 0.6 is 0 Å². The number of ether oxygens (including phenoxy) is 2.